The van der Waals surface area contributed by atoms with Crippen molar-refractivity contribution in [3.8, 4) is 0 Å². The Morgan fingerprint density at radius 3 is 2.58 bits per heavy atom. The fourth-order valence-corrected chi connectivity index (χ4v) is 3.09. The van der Waals surface area contributed by atoms with E-state index in [-0.39, 0.29) is 18.5 Å². The molecule has 2 atom stereocenters. The first-order valence-corrected chi connectivity index (χ1v) is 7.36. The average Bonchev–Trinajstić information content (AvgIpc) is 2.89. The van der Waals surface area contributed by atoms with E-state index in [4.69, 9.17) is 0 Å². The fraction of sp³-hybridized carbons (Fsp3) is 0.929. The SMILES string of the molecule is CC(O)C1CCN(C(=O)CCC2CCCN2)CC1.Cl. The first-order chi connectivity index (χ1) is 8.66. The monoisotopic (exact) mass is 290 g/mol. The highest BCUT2D eigenvalue weighted by atomic mass is 35.5. The van der Waals surface area contributed by atoms with Crippen LogP contribution in [0.4, 0.5) is 0 Å². The molecule has 2 unspecified atom stereocenters. The molecule has 2 aliphatic heterocycles. The van der Waals surface area contributed by atoms with E-state index in [0.717, 1.165) is 38.9 Å². The van der Waals surface area contributed by atoms with Gasteiger partial charge in [0.2, 0.25) is 5.91 Å². The molecular formula is C14H27ClN2O2. The second-order valence-electron chi connectivity index (χ2n) is 5.79. The summed E-state index contributed by atoms with van der Waals surface area (Å²) in [7, 11) is 0. The van der Waals surface area contributed by atoms with Gasteiger partial charge in [-0.3, -0.25) is 4.79 Å². The highest BCUT2D eigenvalue weighted by molar-refractivity contribution is 5.85. The largest absolute Gasteiger partial charge is 0.393 e. The van der Waals surface area contributed by atoms with Crippen LogP contribution < -0.4 is 5.32 Å². The lowest BCUT2D eigenvalue weighted by molar-refractivity contribution is -0.133. The summed E-state index contributed by atoms with van der Waals surface area (Å²) >= 11 is 0. The molecule has 0 aromatic heterocycles. The van der Waals surface area contributed by atoms with Crippen LogP contribution in [-0.2, 0) is 4.79 Å². The number of aliphatic hydroxyl groups is 1. The van der Waals surface area contributed by atoms with Crippen molar-refractivity contribution in [2.24, 2.45) is 5.92 Å². The Bertz CT molecular complexity index is 273. The summed E-state index contributed by atoms with van der Waals surface area (Å²) in [5.74, 6) is 0.679. The number of aliphatic hydroxyl groups excluding tert-OH is 1. The highest BCUT2D eigenvalue weighted by Gasteiger charge is 2.25. The maximum atomic E-state index is 12.1. The molecule has 2 rings (SSSR count). The van der Waals surface area contributed by atoms with Crippen LogP contribution in [0.5, 0.6) is 0 Å². The zero-order valence-electron chi connectivity index (χ0n) is 11.8. The van der Waals surface area contributed by atoms with Gasteiger partial charge in [0.15, 0.2) is 0 Å². The third kappa shape index (κ3) is 4.93. The zero-order chi connectivity index (χ0) is 13.0. The Morgan fingerprint density at radius 1 is 1.37 bits per heavy atom. The topological polar surface area (TPSA) is 52.6 Å². The van der Waals surface area contributed by atoms with Crippen molar-refractivity contribution in [2.45, 2.75) is 57.6 Å². The quantitative estimate of drug-likeness (QED) is 0.826. The van der Waals surface area contributed by atoms with Gasteiger partial charge in [0.05, 0.1) is 6.10 Å². The van der Waals surface area contributed by atoms with Gasteiger partial charge in [0.1, 0.15) is 0 Å². The molecule has 1 amide bonds. The van der Waals surface area contributed by atoms with Crippen LogP contribution in [0.15, 0.2) is 0 Å². The molecule has 2 fully saturated rings. The molecule has 2 N–H and O–H groups in total. The number of amides is 1. The van der Waals surface area contributed by atoms with Crippen LogP contribution in [0.3, 0.4) is 0 Å². The van der Waals surface area contributed by atoms with Crippen molar-refractivity contribution in [2.75, 3.05) is 19.6 Å². The number of halogens is 1. The third-order valence-electron chi connectivity index (χ3n) is 4.44. The Kier molecular flexibility index (Phi) is 7.11. The van der Waals surface area contributed by atoms with Crippen LogP contribution >= 0.6 is 12.4 Å². The maximum absolute atomic E-state index is 12.1. The molecule has 2 aliphatic rings. The van der Waals surface area contributed by atoms with E-state index in [1.807, 2.05) is 11.8 Å². The number of likely N-dealkylation sites (tertiary alicyclic amines) is 1. The summed E-state index contributed by atoms with van der Waals surface area (Å²) in [6.07, 6.45) is 5.79. The average molecular weight is 291 g/mol. The Balaban J connectivity index is 0.00000180. The lowest BCUT2D eigenvalue weighted by atomic mass is 9.92. The van der Waals surface area contributed by atoms with E-state index in [2.05, 4.69) is 5.32 Å². The summed E-state index contributed by atoms with van der Waals surface area (Å²) < 4.78 is 0. The number of nitrogens with one attached hydrogen (secondary N) is 1. The molecule has 0 bridgehead atoms. The van der Waals surface area contributed by atoms with Gasteiger partial charge < -0.3 is 15.3 Å². The second kappa shape index (κ2) is 8.08. The van der Waals surface area contributed by atoms with Gasteiger partial charge in [-0.25, -0.2) is 0 Å². The van der Waals surface area contributed by atoms with Crippen LogP contribution in [0.2, 0.25) is 0 Å². The van der Waals surface area contributed by atoms with Crippen molar-refractivity contribution in [1.29, 1.82) is 0 Å². The summed E-state index contributed by atoms with van der Waals surface area (Å²) in [5, 5.41) is 13.0. The Labute approximate surface area is 122 Å². The molecule has 4 nitrogen and oxygen atoms in total. The standard InChI is InChI=1S/C14H26N2O2.ClH/c1-11(17)12-6-9-16(10-7-12)14(18)5-4-13-3-2-8-15-13;/h11-13,15,17H,2-10H2,1H3;1H. The summed E-state index contributed by atoms with van der Waals surface area (Å²) in [4.78, 5) is 14.0. The van der Waals surface area contributed by atoms with Gasteiger partial charge in [-0.05, 0) is 51.5 Å². The van der Waals surface area contributed by atoms with Crippen molar-refractivity contribution in [3.63, 3.8) is 0 Å². The van der Waals surface area contributed by atoms with Crippen LogP contribution in [0.1, 0.15) is 45.4 Å². The number of rotatable bonds is 4. The normalized spacial score (nSPS) is 26.0. The maximum Gasteiger partial charge on any atom is 0.222 e. The van der Waals surface area contributed by atoms with E-state index in [9.17, 15) is 9.90 Å². The van der Waals surface area contributed by atoms with Gasteiger partial charge in [0, 0.05) is 25.6 Å². The van der Waals surface area contributed by atoms with Crippen molar-refractivity contribution < 1.29 is 9.90 Å². The van der Waals surface area contributed by atoms with Crippen LogP contribution in [-0.4, -0.2) is 47.7 Å². The van der Waals surface area contributed by atoms with E-state index in [1.54, 1.807) is 0 Å². The predicted octanol–water partition coefficient (Wildman–Crippen LogP) is 1.56. The highest BCUT2D eigenvalue weighted by Crippen LogP contribution is 2.21. The minimum Gasteiger partial charge on any atom is -0.393 e. The molecule has 0 aliphatic carbocycles. The van der Waals surface area contributed by atoms with Gasteiger partial charge in [-0.15, -0.1) is 12.4 Å². The minimum atomic E-state index is -0.232. The summed E-state index contributed by atoms with van der Waals surface area (Å²) in [6.45, 7) is 4.62. The van der Waals surface area contributed by atoms with Crippen molar-refractivity contribution in [1.82, 2.24) is 10.2 Å². The first-order valence-electron chi connectivity index (χ1n) is 7.36. The third-order valence-corrected chi connectivity index (χ3v) is 4.44. The van der Waals surface area contributed by atoms with E-state index in [0.29, 0.717) is 24.3 Å². The molecule has 0 radical (unpaired) electrons. The first kappa shape index (κ1) is 16.7. The van der Waals surface area contributed by atoms with Crippen LogP contribution in [0, 0.1) is 5.92 Å². The Hall–Kier alpha value is -0.320. The van der Waals surface area contributed by atoms with Crippen molar-refractivity contribution in [3.05, 3.63) is 0 Å². The van der Waals surface area contributed by atoms with E-state index >= 15 is 0 Å². The molecule has 0 saturated carbocycles. The fourth-order valence-electron chi connectivity index (χ4n) is 3.09. The molecule has 19 heavy (non-hydrogen) atoms. The minimum absolute atomic E-state index is 0. The molecule has 5 heteroatoms. The van der Waals surface area contributed by atoms with Crippen molar-refractivity contribution >= 4 is 18.3 Å². The molecule has 0 aromatic carbocycles. The zero-order valence-corrected chi connectivity index (χ0v) is 12.6. The molecular weight excluding hydrogens is 264 g/mol. The lowest BCUT2D eigenvalue weighted by Gasteiger charge is -2.33. The number of carbonyl (C=O) groups is 1. The number of carbonyl (C=O) groups excluding carboxylic acids is 1. The van der Waals surface area contributed by atoms with Gasteiger partial charge >= 0.3 is 0 Å². The molecule has 0 aromatic rings. The predicted molar refractivity (Wildman–Crippen MR) is 78.5 cm³/mol. The number of hydrogen-bond acceptors (Lipinski definition) is 3. The Morgan fingerprint density at radius 2 is 2.05 bits per heavy atom. The van der Waals surface area contributed by atoms with E-state index in [1.165, 1.54) is 12.8 Å². The molecule has 2 saturated heterocycles. The summed E-state index contributed by atoms with van der Waals surface area (Å²) in [5.41, 5.74) is 0. The van der Waals surface area contributed by atoms with Gasteiger partial charge in [0.25, 0.3) is 0 Å². The molecule has 0 spiro atoms. The number of nitrogens with zero attached hydrogens (tertiary/aromatic N) is 1. The van der Waals surface area contributed by atoms with Crippen LogP contribution in [0.25, 0.3) is 0 Å². The van der Waals surface area contributed by atoms with Gasteiger partial charge in [-0.1, -0.05) is 0 Å². The number of hydrogen-bond donors (Lipinski definition) is 2. The van der Waals surface area contributed by atoms with Gasteiger partial charge in [-0.2, -0.15) is 0 Å². The molecule has 2 heterocycles. The lowest BCUT2D eigenvalue weighted by Crippen LogP contribution is -2.41. The van der Waals surface area contributed by atoms with E-state index < -0.39 is 0 Å². The smallest absolute Gasteiger partial charge is 0.222 e. The molecule has 112 valence electrons. The second-order valence-corrected chi connectivity index (χ2v) is 5.79. The number of piperidine rings is 1. The summed E-state index contributed by atoms with van der Waals surface area (Å²) in [6, 6.07) is 0.559.